The summed E-state index contributed by atoms with van der Waals surface area (Å²) in [5.74, 6) is -0.799. The molecule has 16 nitrogen and oxygen atoms in total. The highest BCUT2D eigenvalue weighted by atomic mass is 19.1. The Morgan fingerprint density at radius 2 is 1.55 bits per heavy atom. The minimum atomic E-state index is -1.02. The van der Waals surface area contributed by atoms with E-state index in [9.17, 15) is 19.2 Å². The molecule has 4 saturated heterocycles. The lowest BCUT2D eigenvalue weighted by atomic mass is 9.92. The van der Waals surface area contributed by atoms with Gasteiger partial charge in [-0.2, -0.15) is 4.98 Å². The molecule has 4 aliphatic heterocycles. The number of hydrogen-bond donors (Lipinski definition) is 2. The number of piperidine rings is 2. The number of benzene rings is 2. The van der Waals surface area contributed by atoms with E-state index in [2.05, 4.69) is 35.2 Å². The van der Waals surface area contributed by atoms with Crippen LogP contribution in [0.2, 0.25) is 0 Å². The van der Waals surface area contributed by atoms with Crippen LogP contribution in [0.1, 0.15) is 62.9 Å². The standard InChI is InChI=1S/C41H54FN11O5/c1-41(2,38(56)58-3)27-53-34(54)15-20-52(40(53)57)31-10-8-30(9-11-31)49-23-21-48(22-24-49)26-28-13-18-50(19-14-28)33-12-7-29(25-32(33)42)44-37-35(36(43)55)46-47-39(45-37)51-16-5-4-6-17-51/h7-12,25,28H,4-6,13-24,26-27H2,1-3H3,(H2,43,55)(H,44,45,47). The van der Waals surface area contributed by atoms with Crippen molar-refractivity contribution in [3.05, 3.63) is 54.0 Å². The maximum Gasteiger partial charge on any atom is 0.331 e. The number of piperazine rings is 1. The lowest BCUT2D eigenvalue weighted by Gasteiger charge is -2.40. The summed E-state index contributed by atoms with van der Waals surface area (Å²) in [7, 11) is 1.30. The molecular formula is C41H54FN11O5. The van der Waals surface area contributed by atoms with Gasteiger partial charge >= 0.3 is 12.0 Å². The molecule has 5 heterocycles. The average Bonchev–Trinajstić information content (AvgIpc) is 3.23. The number of halogens is 1. The van der Waals surface area contributed by atoms with E-state index in [0.29, 0.717) is 28.9 Å². The number of esters is 1. The van der Waals surface area contributed by atoms with Gasteiger partial charge in [-0.1, -0.05) is 0 Å². The molecule has 4 amide bonds. The molecule has 0 atom stereocenters. The first-order valence-corrected chi connectivity index (χ1v) is 20.3. The molecule has 1 aromatic heterocycles. The summed E-state index contributed by atoms with van der Waals surface area (Å²) < 4.78 is 20.5. The van der Waals surface area contributed by atoms with Crippen LogP contribution in [0.5, 0.6) is 0 Å². The Labute approximate surface area is 338 Å². The number of carbonyl (C=O) groups is 4. The zero-order valence-electron chi connectivity index (χ0n) is 33.7. The first kappa shape index (κ1) is 40.6. The van der Waals surface area contributed by atoms with Crippen molar-refractivity contribution in [2.24, 2.45) is 17.1 Å². The van der Waals surface area contributed by atoms with Crippen molar-refractivity contribution in [1.82, 2.24) is 25.0 Å². The Balaban J connectivity index is 0.877. The van der Waals surface area contributed by atoms with Gasteiger partial charge in [0.1, 0.15) is 5.82 Å². The second kappa shape index (κ2) is 17.5. The first-order chi connectivity index (χ1) is 27.9. The summed E-state index contributed by atoms with van der Waals surface area (Å²) in [6.07, 6.45) is 5.32. The number of primary amides is 1. The minimum absolute atomic E-state index is 0.0491. The van der Waals surface area contributed by atoms with E-state index in [1.807, 2.05) is 29.2 Å². The van der Waals surface area contributed by atoms with Crippen LogP contribution in [0.3, 0.4) is 0 Å². The number of carbonyl (C=O) groups excluding carboxylic acids is 4. The third kappa shape index (κ3) is 9.09. The smallest absolute Gasteiger partial charge is 0.331 e. The topological polar surface area (TPSA) is 174 Å². The highest BCUT2D eigenvalue weighted by molar-refractivity contribution is 6.06. The van der Waals surface area contributed by atoms with Gasteiger partial charge in [-0.3, -0.25) is 29.1 Å². The van der Waals surface area contributed by atoms with Crippen LogP contribution in [0.15, 0.2) is 42.5 Å². The molecule has 2 aromatic carbocycles. The molecule has 0 spiro atoms. The zero-order chi connectivity index (χ0) is 41.0. The third-order valence-electron chi connectivity index (χ3n) is 11.7. The Kier molecular flexibility index (Phi) is 12.3. The van der Waals surface area contributed by atoms with Crippen molar-refractivity contribution in [3.8, 4) is 0 Å². The molecule has 3 N–H and O–H groups in total. The van der Waals surface area contributed by atoms with Crippen LogP contribution >= 0.6 is 0 Å². The van der Waals surface area contributed by atoms with E-state index in [1.165, 1.54) is 13.2 Å². The van der Waals surface area contributed by atoms with Gasteiger partial charge in [-0.05, 0) is 94.3 Å². The number of nitrogens with zero attached hydrogens (tertiary/aromatic N) is 9. The largest absolute Gasteiger partial charge is 0.469 e. The van der Waals surface area contributed by atoms with Gasteiger partial charge in [0, 0.05) is 95.5 Å². The lowest BCUT2D eigenvalue weighted by molar-refractivity contribution is -0.152. The summed E-state index contributed by atoms with van der Waals surface area (Å²) in [4.78, 5) is 66.7. The van der Waals surface area contributed by atoms with Gasteiger partial charge < -0.3 is 30.5 Å². The molecule has 17 heteroatoms. The van der Waals surface area contributed by atoms with Crippen LogP contribution in [-0.4, -0.2) is 128 Å². The molecule has 0 saturated carbocycles. The van der Waals surface area contributed by atoms with Crippen LogP contribution < -0.4 is 30.7 Å². The van der Waals surface area contributed by atoms with Crippen molar-refractivity contribution in [1.29, 1.82) is 0 Å². The van der Waals surface area contributed by atoms with E-state index in [4.69, 9.17) is 10.5 Å². The molecule has 0 unspecified atom stereocenters. The molecule has 0 aliphatic carbocycles. The first-order valence-electron chi connectivity index (χ1n) is 20.3. The van der Waals surface area contributed by atoms with Gasteiger partial charge in [0.25, 0.3) is 5.91 Å². The molecule has 7 rings (SSSR count). The molecule has 310 valence electrons. The number of urea groups is 1. The maximum atomic E-state index is 15.6. The number of imide groups is 1. The van der Waals surface area contributed by atoms with E-state index in [0.717, 1.165) is 102 Å². The van der Waals surface area contributed by atoms with Gasteiger partial charge in [0.05, 0.1) is 18.2 Å². The second-order valence-electron chi connectivity index (χ2n) is 16.3. The Morgan fingerprint density at radius 1 is 0.862 bits per heavy atom. The normalized spacial score (nSPS) is 18.8. The Hall–Kier alpha value is -5.58. The second-order valence-corrected chi connectivity index (χ2v) is 16.3. The van der Waals surface area contributed by atoms with Gasteiger partial charge in [0.2, 0.25) is 11.9 Å². The summed E-state index contributed by atoms with van der Waals surface area (Å²) >= 11 is 0. The molecule has 4 aliphatic rings. The minimum Gasteiger partial charge on any atom is -0.469 e. The number of amides is 4. The fraction of sp³-hybridized carbons (Fsp3) is 0.537. The monoisotopic (exact) mass is 799 g/mol. The number of ether oxygens (including phenoxy) is 1. The number of hydrogen-bond acceptors (Lipinski definition) is 13. The van der Waals surface area contributed by atoms with Crippen molar-refractivity contribution >= 4 is 58.3 Å². The quantitative estimate of drug-likeness (QED) is 0.250. The summed E-state index contributed by atoms with van der Waals surface area (Å²) in [6, 6.07) is 12.4. The SMILES string of the molecule is COC(=O)C(C)(C)CN1C(=O)CCN(c2ccc(N3CCN(CC4CCN(c5ccc(Nc6nc(N7CCCCC7)nnc6C(N)=O)cc5F)CC4)CC3)cc2)C1=O. The maximum absolute atomic E-state index is 15.6. The number of rotatable bonds is 12. The van der Waals surface area contributed by atoms with E-state index in [1.54, 1.807) is 30.9 Å². The summed E-state index contributed by atoms with van der Waals surface area (Å²) in [5.41, 5.74) is 7.22. The fourth-order valence-electron chi connectivity index (χ4n) is 8.35. The number of nitrogens with one attached hydrogen (secondary N) is 1. The van der Waals surface area contributed by atoms with Gasteiger partial charge in [-0.25, -0.2) is 9.18 Å². The number of anilines is 6. The zero-order valence-corrected chi connectivity index (χ0v) is 33.7. The van der Waals surface area contributed by atoms with E-state index in [-0.39, 0.29) is 42.7 Å². The Bertz CT molecular complexity index is 1980. The fourth-order valence-corrected chi connectivity index (χ4v) is 8.35. The lowest BCUT2D eigenvalue weighted by Crippen LogP contribution is -2.56. The summed E-state index contributed by atoms with van der Waals surface area (Å²) in [6.45, 7) is 11.3. The molecule has 0 bridgehead atoms. The average molecular weight is 800 g/mol. The van der Waals surface area contributed by atoms with Crippen LogP contribution in [0.4, 0.5) is 43.7 Å². The molecule has 3 aromatic rings. The third-order valence-corrected chi connectivity index (χ3v) is 11.7. The molecular weight excluding hydrogens is 746 g/mol. The van der Waals surface area contributed by atoms with Crippen molar-refractivity contribution in [2.45, 2.75) is 52.4 Å². The van der Waals surface area contributed by atoms with Crippen LogP contribution in [0.25, 0.3) is 0 Å². The number of nitrogens with two attached hydrogens (primary N) is 1. The Morgan fingerprint density at radius 3 is 2.21 bits per heavy atom. The molecule has 0 radical (unpaired) electrons. The van der Waals surface area contributed by atoms with Crippen molar-refractivity contribution in [3.63, 3.8) is 0 Å². The van der Waals surface area contributed by atoms with E-state index >= 15 is 4.39 Å². The highest BCUT2D eigenvalue weighted by Gasteiger charge is 2.40. The van der Waals surface area contributed by atoms with Crippen LogP contribution in [-0.2, 0) is 14.3 Å². The number of aromatic nitrogens is 3. The van der Waals surface area contributed by atoms with Gasteiger partial charge in [-0.15, -0.1) is 10.2 Å². The summed E-state index contributed by atoms with van der Waals surface area (Å²) in [5, 5.41) is 11.2. The molecule has 4 fully saturated rings. The predicted molar refractivity (Wildman–Crippen MR) is 219 cm³/mol. The van der Waals surface area contributed by atoms with Crippen molar-refractivity contribution in [2.75, 3.05) is 104 Å². The van der Waals surface area contributed by atoms with E-state index < -0.39 is 23.3 Å². The predicted octanol–water partition coefficient (Wildman–Crippen LogP) is 4.24. The molecule has 58 heavy (non-hydrogen) atoms. The number of methoxy groups -OCH3 is 1. The van der Waals surface area contributed by atoms with Crippen molar-refractivity contribution < 1.29 is 28.3 Å². The van der Waals surface area contributed by atoms with Crippen LogP contribution in [0, 0.1) is 17.2 Å². The van der Waals surface area contributed by atoms with Gasteiger partial charge in [0.15, 0.2) is 11.5 Å². The highest BCUT2D eigenvalue weighted by Crippen LogP contribution is 2.31.